The number of nitrogens with zero attached hydrogens (tertiary/aromatic N) is 3. The zero-order valence-corrected chi connectivity index (χ0v) is 10.3. The van der Waals surface area contributed by atoms with E-state index in [4.69, 9.17) is 5.73 Å². The molecule has 17 heavy (non-hydrogen) atoms. The van der Waals surface area contributed by atoms with Crippen molar-refractivity contribution in [2.45, 2.75) is 25.7 Å². The summed E-state index contributed by atoms with van der Waals surface area (Å²) in [7, 11) is 2.12. The summed E-state index contributed by atoms with van der Waals surface area (Å²) in [6.45, 7) is 4.01. The first-order valence-electron chi connectivity index (χ1n) is 5.90. The monoisotopic (exact) mass is 234 g/mol. The maximum Gasteiger partial charge on any atom is 0.286 e. The summed E-state index contributed by atoms with van der Waals surface area (Å²) in [6, 6.07) is 1.96. The molecule has 1 fully saturated rings. The SMILES string of the molecule is Cc1cc(C2CCN(C)CC2)nc(C(N)=O)n1. The number of likely N-dealkylation sites (tertiary alicyclic amines) is 1. The van der Waals surface area contributed by atoms with Gasteiger partial charge in [-0.2, -0.15) is 0 Å². The van der Waals surface area contributed by atoms with E-state index < -0.39 is 5.91 Å². The van der Waals surface area contributed by atoms with Crippen LogP contribution >= 0.6 is 0 Å². The van der Waals surface area contributed by atoms with Gasteiger partial charge < -0.3 is 10.6 Å². The van der Waals surface area contributed by atoms with E-state index >= 15 is 0 Å². The van der Waals surface area contributed by atoms with E-state index in [2.05, 4.69) is 21.9 Å². The number of carbonyl (C=O) groups excluding carboxylic acids is 1. The largest absolute Gasteiger partial charge is 0.363 e. The lowest BCUT2D eigenvalue weighted by atomic mass is 9.93. The molecule has 0 unspecified atom stereocenters. The number of hydrogen-bond donors (Lipinski definition) is 1. The molecule has 0 spiro atoms. The zero-order chi connectivity index (χ0) is 12.4. The van der Waals surface area contributed by atoms with Crippen LogP contribution in [0.1, 0.15) is 40.8 Å². The van der Waals surface area contributed by atoms with Crippen molar-refractivity contribution in [2.75, 3.05) is 20.1 Å². The first kappa shape index (κ1) is 12.0. The predicted octanol–water partition coefficient (Wildman–Crippen LogP) is 0.693. The second-order valence-corrected chi connectivity index (χ2v) is 4.70. The van der Waals surface area contributed by atoms with Crippen LogP contribution < -0.4 is 5.73 Å². The van der Waals surface area contributed by atoms with Gasteiger partial charge in [-0.3, -0.25) is 4.79 Å². The Bertz CT molecular complexity index is 425. The summed E-state index contributed by atoms with van der Waals surface area (Å²) in [4.78, 5) is 21.8. The lowest BCUT2D eigenvalue weighted by Crippen LogP contribution is -2.30. The van der Waals surface area contributed by atoms with Gasteiger partial charge >= 0.3 is 0 Å². The van der Waals surface area contributed by atoms with Crippen molar-refractivity contribution in [1.82, 2.24) is 14.9 Å². The molecule has 1 aromatic rings. The quantitative estimate of drug-likeness (QED) is 0.817. The zero-order valence-electron chi connectivity index (χ0n) is 10.3. The highest BCUT2D eigenvalue weighted by molar-refractivity contribution is 5.88. The average Bonchev–Trinajstić information content (AvgIpc) is 2.29. The maximum atomic E-state index is 11.1. The fourth-order valence-electron chi connectivity index (χ4n) is 2.22. The molecule has 1 aromatic heterocycles. The Morgan fingerprint density at radius 2 is 2.06 bits per heavy atom. The van der Waals surface area contributed by atoms with Crippen LogP contribution in [0.2, 0.25) is 0 Å². The molecule has 0 radical (unpaired) electrons. The summed E-state index contributed by atoms with van der Waals surface area (Å²) in [5, 5.41) is 0. The van der Waals surface area contributed by atoms with E-state index in [1.54, 1.807) is 0 Å². The number of amides is 1. The molecule has 1 amide bonds. The first-order valence-corrected chi connectivity index (χ1v) is 5.90. The van der Waals surface area contributed by atoms with Gasteiger partial charge in [0.25, 0.3) is 5.91 Å². The number of carbonyl (C=O) groups is 1. The highest BCUT2D eigenvalue weighted by Crippen LogP contribution is 2.26. The highest BCUT2D eigenvalue weighted by Gasteiger charge is 2.21. The second kappa shape index (κ2) is 4.79. The van der Waals surface area contributed by atoms with Gasteiger partial charge in [0.15, 0.2) is 0 Å². The molecule has 0 aromatic carbocycles. The van der Waals surface area contributed by atoms with Crippen LogP contribution in [0.4, 0.5) is 0 Å². The van der Waals surface area contributed by atoms with E-state index in [0.717, 1.165) is 37.3 Å². The van der Waals surface area contributed by atoms with Gasteiger partial charge in [0.2, 0.25) is 5.82 Å². The molecule has 2 rings (SSSR count). The standard InChI is InChI=1S/C12H18N4O/c1-8-7-10(15-12(14-8)11(13)17)9-3-5-16(2)6-4-9/h7,9H,3-6H2,1-2H3,(H2,13,17). The summed E-state index contributed by atoms with van der Waals surface area (Å²) in [5.41, 5.74) is 7.00. The molecule has 0 aliphatic carbocycles. The van der Waals surface area contributed by atoms with Crippen molar-refractivity contribution in [3.05, 3.63) is 23.3 Å². The molecule has 1 saturated heterocycles. The highest BCUT2D eigenvalue weighted by atomic mass is 16.1. The molecule has 0 bridgehead atoms. The van der Waals surface area contributed by atoms with Crippen LogP contribution in [-0.2, 0) is 0 Å². The van der Waals surface area contributed by atoms with Gasteiger partial charge in [0, 0.05) is 17.3 Å². The summed E-state index contributed by atoms with van der Waals surface area (Å²) in [6.07, 6.45) is 2.15. The minimum Gasteiger partial charge on any atom is -0.363 e. The molecular weight excluding hydrogens is 216 g/mol. The minimum absolute atomic E-state index is 0.138. The summed E-state index contributed by atoms with van der Waals surface area (Å²) in [5.74, 6) is 0.00723. The predicted molar refractivity (Wildman–Crippen MR) is 64.8 cm³/mol. The number of primary amides is 1. The van der Waals surface area contributed by atoms with Crippen molar-refractivity contribution < 1.29 is 4.79 Å². The smallest absolute Gasteiger partial charge is 0.286 e. The number of piperidine rings is 1. The van der Waals surface area contributed by atoms with Crippen molar-refractivity contribution in [2.24, 2.45) is 5.73 Å². The Labute approximate surface area is 101 Å². The van der Waals surface area contributed by atoms with Gasteiger partial charge in [-0.15, -0.1) is 0 Å². The van der Waals surface area contributed by atoms with Crippen LogP contribution in [0.5, 0.6) is 0 Å². The first-order chi connectivity index (χ1) is 8.06. The minimum atomic E-state index is -0.553. The van der Waals surface area contributed by atoms with Crippen LogP contribution in [0.15, 0.2) is 6.07 Å². The number of aryl methyl sites for hydroxylation is 1. The fraction of sp³-hybridized carbons (Fsp3) is 0.583. The number of hydrogen-bond acceptors (Lipinski definition) is 4. The number of rotatable bonds is 2. The molecule has 5 nitrogen and oxygen atoms in total. The lowest BCUT2D eigenvalue weighted by molar-refractivity contribution is 0.0989. The van der Waals surface area contributed by atoms with Crippen LogP contribution in [0.3, 0.4) is 0 Å². The van der Waals surface area contributed by atoms with Crippen molar-refractivity contribution >= 4 is 5.91 Å². The molecule has 5 heteroatoms. The average molecular weight is 234 g/mol. The van der Waals surface area contributed by atoms with Crippen LogP contribution in [0, 0.1) is 6.92 Å². The summed E-state index contributed by atoms with van der Waals surface area (Å²) >= 11 is 0. The third-order valence-electron chi connectivity index (χ3n) is 3.23. The normalized spacial score (nSPS) is 18.2. The molecule has 1 aliphatic rings. The van der Waals surface area contributed by atoms with E-state index in [9.17, 15) is 4.79 Å². The molecule has 92 valence electrons. The molecule has 0 atom stereocenters. The third-order valence-corrected chi connectivity index (χ3v) is 3.23. The van der Waals surface area contributed by atoms with Gasteiger partial charge in [-0.05, 0) is 46.0 Å². The van der Waals surface area contributed by atoms with E-state index in [-0.39, 0.29) is 5.82 Å². The third kappa shape index (κ3) is 2.79. The van der Waals surface area contributed by atoms with Crippen LogP contribution in [-0.4, -0.2) is 40.9 Å². The Balaban J connectivity index is 2.23. The van der Waals surface area contributed by atoms with Crippen molar-refractivity contribution in [3.8, 4) is 0 Å². The van der Waals surface area contributed by atoms with Gasteiger partial charge in [-0.1, -0.05) is 0 Å². The van der Waals surface area contributed by atoms with E-state index in [1.165, 1.54) is 0 Å². The van der Waals surface area contributed by atoms with Gasteiger partial charge in [0.05, 0.1) is 0 Å². The topological polar surface area (TPSA) is 72.1 Å². The number of aromatic nitrogens is 2. The molecule has 2 N–H and O–H groups in total. The Kier molecular flexibility index (Phi) is 3.38. The van der Waals surface area contributed by atoms with Crippen LogP contribution in [0.25, 0.3) is 0 Å². The van der Waals surface area contributed by atoms with E-state index in [1.807, 2.05) is 13.0 Å². The Morgan fingerprint density at radius 1 is 1.41 bits per heavy atom. The molecular formula is C12H18N4O. The van der Waals surface area contributed by atoms with E-state index in [0.29, 0.717) is 5.92 Å². The maximum absolute atomic E-state index is 11.1. The lowest BCUT2D eigenvalue weighted by Gasteiger charge is -2.28. The fourth-order valence-corrected chi connectivity index (χ4v) is 2.22. The van der Waals surface area contributed by atoms with Gasteiger partial charge in [-0.25, -0.2) is 9.97 Å². The molecule has 0 saturated carbocycles. The Hall–Kier alpha value is -1.49. The molecule has 1 aliphatic heterocycles. The summed E-state index contributed by atoms with van der Waals surface area (Å²) < 4.78 is 0. The second-order valence-electron chi connectivity index (χ2n) is 4.70. The van der Waals surface area contributed by atoms with Crippen molar-refractivity contribution in [3.63, 3.8) is 0 Å². The molecule has 2 heterocycles. The van der Waals surface area contributed by atoms with Gasteiger partial charge in [0.1, 0.15) is 0 Å². The van der Waals surface area contributed by atoms with Crippen molar-refractivity contribution in [1.29, 1.82) is 0 Å². The number of nitrogens with two attached hydrogens (primary N) is 1. The Morgan fingerprint density at radius 3 is 2.65 bits per heavy atom.